The Hall–Kier alpha value is -0.920. The van der Waals surface area contributed by atoms with Crippen LogP contribution in [0.3, 0.4) is 0 Å². The van der Waals surface area contributed by atoms with Crippen molar-refractivity contribution in [1.82, 2.24) is 20.0 Å². The number of aromatic amines is 1. The summed E-state index contributed by atoms with van der Waals surface area (Å²) in [7, 11) is -1.60. The summed E-state index contributed by atoms with van der Waals surface area (Å²) in [6.45, 7) is 3.12. The Bertz CT molecular complexity index is 413. The van der Waals surface area contributed by atoms with Crippen LogP contribution in [0.25, 0.3) is 0 Å². The van der Waals surface area contributed by atoms with Crippen LogP contribution >= 0.6 is 0 Å². The zero-order chi connectivity index (χ0) is 12.0. The third-order valence-corrected chi connectivity index (χ3v) is 3.50. The maximum atomic E-state index is 11.7. The SMILES string of the molecule is CCc1ncc(S(=O)(=O)NCCCNC)[nH]1. The van der Waals surface area contributed by atoms with Crippen molar-refractivity contribution in [2.24, 2.45) is 0 Å². The minimum atomic E-state index is -3.43. The lowest BCUT2D eigenvalue weighted by atomic mass is 10.4. The minimum Gasteiger partial charge on any atom is -0.332 e. The number of aromatic nitrogens is 2. The molecule has 0 radical (unpaired) electrons. The van der Waals surface area contributed by atoms with Crippen LogP contribution in [0.2, 0.25) is 0 Å². The summed E-state index contributed by atoms with van der Waals surface area (Å²) in [4.78, 5) is 6.73. The first-order valence-corrected chi connectivity index (χ1v) is 6.76. The molecule has 0 bridgehead atoms. The quantitative estimate of drug-likeness (QED) is 0.584. The molecule has 0 unspecified atom stereocenters. The summed E-state index contributed by atoms with van der Waals surface area (Å²) in [6.07, 6.45) is 2.79. The van der Waals surface area contributed by atoms with Gasteiger partial charge >= 0.3 is 0 Å². The summed E-state index contributed by atoms with van der Waals surface area (Å²) in [6, 6.07) is 0. The van der Waals surface area contributed by atoms with Gasteiger partial charge in [-0.2, -0.15) is 0 Å². The zero-order valence-corrected chi connectivity index (χ0v) is 10.4. The lowest BCUT2D eigenvalue weighted by molar-refractivity contribution is 0.574. The maximum Gasteiger partial charge on any atom is 0.257 e. The maximum absolute atomic E-state index is 11.7. The van der Waals surface area contributed by atoms with E-state index in [1.165, 1.54) is 6.20 Å². The van der Waals surface area contributed by atoms with E-state index in [0.29, 0.717) is 18.8 Å². The van der Waals surface area contributed by atoms with E-state index >= 15 is 0 Å². The van der Waals surface area contributed by atoms with Crippen LogP contribution in [0.4, 0.5) is 0 Å². The normalized spacial score (nSPS) is 11.9. The standard InChI is InChI=1S/C9H18N4O2S/c1-3-8-11-7-9(13-8)16(14,15)12-6-4-5-10-2/h7,10,12H,3-6H2,1-2H3,(H,11,13). The van der Waals surface area contributed by atoms with Gasteiger partial charge in [0.25, 0.3) is 10.0 Å². The van der Waals surface area contributed by atoms with E-state index in [4.69, 9.17) is 0 Å². The molecule has 0 fully saturated rings. The van der Waals surface area contributed by atoms with E-state index < -0.39 is 10.0 Å². The molecule has 16 heavy (non-hydrogen) atoms. The van der Waals surface area contributed by atoms with Gasteiger partial charge in [-0.1, -0.05) is 6.92 Å². The number of hydrogen-bond acceptors (Lipinski definition) is 4. The number of hydrogen-bond donors (Lipinski definition) is 3. The fourth-order valence-corrected chi connectivity index (χ4v) is 2.22. The second kappa shape index (κ2) is 5.97. The summed E-state index contributed by atoms with van der Waals surface area (Å²) in [5.41, 5.74) is 0. The minimum absolute atomic E-state index is 0.133. The largest absolute Gasteiger partial charge is 0.332 e. The molecule has 1 rings (SSSR count). The van der Waals surface area contributed by atoms with E-state index in [-0.39, 0.29) is 5.03 Å². The van der Waals surface area contributed by atoms with Crippen LogP contribution in [-0.4, -0.2) is 38.5 Å². The molecular weight excluding hydrogens is 228 g/mol. The topological polar surface area (TPSA) is 86.9 Å². The zero-order valence-electron chi connectivity index (χ0n) is 9.58. The molecule has 0 aliphatic heterocycles. The number of rotatable bonds is 7. The fourth-order valence-electron chi connectivity index (χ4n) is 1.21. The highest BCUT2D eigenvalue weighted by Crippen LogP contribution is 2.05. The Labute approximate surface area is 95.9 Å². The second-order valence-corrected chi connectivity index (χ2v) is 5.14. The number of aryl methyl sites for hydroxylation is 1. The molecule has 0 saturated carbocycles. The lowest BCUT2D eigenvalue weighted by Gasteiger charge is -2.03. The first kappa shape index (κ1) is 13.1. The van der Waals surface area contributed by atoms with E-state index in [2.05, 4.69) is 20.0 Å². The predicted molar refractivity (Wildman–Crippen MR) is 61.7 cm³/mol. The van der Waals surface area contributed by atoms with Crippen LogP contribution in [0.1, 0.15) is 19.2 Å². The van der Waals surface area contributed by atoms with Gasteiger partial charge in [-0.15, -0.1) is 0 Å². The van der Waals surface area contributed by atoms with Gasteiger partial charge in [0.05, 0.1) is 6.20 Å². The Morgan fingerprint density at radius 3 is 2.75 bits per heavy atom. The number of nitrogens with zero attached hydrogens (tertiary/aromatic N) is 1. The fraction of sp³-hybridized carbons (Fsp3) is 0.667. The van der Waals surface area contributed by atoms with Gasteiger partial charge in [0.15, 0.2) is 5.03 Å². The van der Waals surface area contributed by atoms with Crippen molar-refractivity contribution in [3.63, 3.8) is 0 Å². The van der Waals surface area contributed by atoms with Crippen LogP contribution in [0, 0.1) is 0 Å². The van der Waals surface area contributed by atoms with Crippen molar-refractivity contribution in [2.75, 3.05) is 20.1 Å². The van der Waals surface area contributed by atoms with Crippen molar-refractivity contribution in [3.05, 3.63) is 12.0 Å². The number of nitrogens with one attached hydrogen (secondary N) is 3. The third kappa shape index (κ3) is 3.58. The smallest absolute Gasteiger partial charge is 0.257 e. The molecule has 0 aliphatic carbocycles. The van der Waals surface area contributed by atoms with E-state index in [1.54, 1.807) is 0 Å². The third-order valence-electron chi connectivity index (χ3n) is 2.13. The Balaban J connectivity index is 2.56. The van der Waals surface area contributed by atoms with Gasteiger partial charge in [-0.05, 0) is 20.0 Å². The summed E-state index contributed by atoms with van der Waals surface area (Å²) in [5, 5.41) is 3.09. The Morgan fingerprint density at radius 2 is 2.19 bits per heavy atom. The second-order valence-electron chi connectivity index (χ2n) is 3.40. The molecule has 0 aliphatic rings. The van der Waals surface area contributed by atoms with E-state index in [1.807, 2.05) is 14.0 Å². The summed E-state index contributed by atoms with van der Waals surface area (Å²) >= 11 is 0. The molecule has 0 atom stereocenters. The number of sulfonamides is 1. The average molecular weight is 246 g/mol. The van der Waals surface area contributed by atoms with Gasteiger partial charge in [-0.25, -0.2) is 18.1 Å². The molecule has 0 aromatic carbocycles. The molecule has 1 aromatic heterocycles. The number of imidazole rings is 1. The molecule has 1 aromatic rings. The van der Waals surface area contributed by atoms with Crippen LogP contribution in [0.15, 0.2) is 11.2 Å². The highest BCUT2D eigenvalue weighted by Gasteiger charge is 2.15. The van der Waals surface area contributed by atoms with E-state index in [0.717, 1.165) is 13.0 Å². The predicted octanol–water partition coefficient (Wildman–Crippen LogP) is -0.140. The molecule has 6 nitrogen and oxygen atoms in total. The highest BCUT2D eigenvalue weighted by molar-refractivity contribution is 7.89. The molecule has 0 spiro atoms. The Morgan fingerprint density at radius 1 is 1.44 bits per heavy atom. The van der Waals surface area contributed by atoms with Crippen LogP contribution in [0.5, 0.6) is 0 Å². The molecule has 92 valence electrons. The molecule has 1 heterocycles. The monoisotopic (exact) mass is 246 g/mol. The van der Waals surface area contributed by atoms with E-state index in [9.17, 15) is 8.42 Å². The molecule has 3 N–H and O–H groups in total. The van der Waals surface area contributed by atoms with Crippen molar-refractivity contribution < 1.29 is 8.42 Å². The molecular formula is C9H18N4O2S. The van der Waals surface area contributed by atoms with Gasteiger partial charge < -0.3 is 10.3 Å². The molecule has 7 heteroatoms. The van der Waals surface area contributed by atoms with Gasteiger partial charge in [0, 0.05) is 13.0 Å². The first-order chi connectivity index (χ1) is 7.60. The summed E-state index contributed by atoms with van der Waals surface area (Å²) < 4.78 is 26.0. The number of H-pyrrole nitrogens is 1. The lowest BCUT2D eigenvalue weighted by Crippen LogP contribution is -2.27. The van der Waals surface area contributed by atoms with Crippen molar-refractivity contribution in [3.8, 4) is 0 Å². The van der Waals surface area contributed by atoms with Gasteiger partial charge in [-0.3, -0.25) is 0 Å². The summed E-state index contributed by atoms with van der Waals surface area (Å²) in [5.74, 6) is 0.676. The first-order valence-electron chi connectivity index (χ1n) is 5.28. The van der Waals surface area contributed by atoms with Crippen LogP contribution < -0.4 is 10.0 Å². The van der Waals surface area contributed by atoms with Crippen LogP contribution in [-0.2, 0) is 16.4 Å². The van der Waals surface area contributed by atoms with Crippen molar-refractivity contribution in [2.45, 2.75) is 24.8 Å². The highest BCUT2D eigenvalue weighted by atomic mass is 32.2. The van der Waals surface area contributed by atoms with Gasteiger partial charge in [0.2, 0.25) is 0 Å². The van der Waals surface area contributed by atoms with Crippen molar-refractivity contribution in [1.29, 1.82) is 0 Å². The molecule has 0 amide bonds. The average Bonchev–Trinajstić information content (AvgIpc) is 2.73. The molecule has 0 saturated heterocycles. The Kier molecular flexibility index (Phi) is 4.91. The van der Waals surface area contributed by atoms with Gasteiger partial charge in [0.1, 0.15) is 5.82 Å². The van der Waals surface area contributed by atoms with Crippen molar-refractivity contribution >= 4 is 10.0 Å².